The monoisotopic (exact) mass is 312 g/mol. The molecule has 0 aromatic carbocycles. The fraction of sp³-hybridized carbons (Fsp3) is 0.833. The SMILES string of the molecule is O=C(NCCCO)C1CCN(C(=O)OCC(F)(F)F)CC1. The van der Waals surface area contributed by atoms with Gasteiger partial charge in [0.25, 0.3) is 0 Å². The number of nitrogens with zero attached hydrogens (tertiary/aromatic N) is 1. The molecule has 1 aliphatic rings. The van der Waals surface area contributed by atoms with Gasteiger partial charge in [-0.3, -0.25) is 4.79 Å². The predicted octanol–water partition coefficient (Wildman–Crippen LogP) is 0.896. The van der Waals surface area contributed by atoms with E-state index in [9.17, 15) is 22.8 Å². The van der Waals surface area contributed by atoms with E-state index < -0.39 is 18.9 Å². The molecule has 0 unspecified atom stereocenters. The first-order chi connectivity index (χ1) is 9.83. The Balaban J connectivity index is 2.28. The minimum absolute atomic E-state index is 0.0101. The first-order valence-corrected chi connectivity index (χ1v) is 6.70. The van der Waals surface area contributed by atoms with Gasteiger partial charge in [0.15, 0.2) is 6.61 Å². The van der Waals surface area contributed by atoms with Gasteiger partial charge in [0.1, 0.15) is 0 Å². The molecule has 6 nitrogen and oxygen atoms in total. The number of aliphatic hydroxyl groups excluding tert-OH is 1. The number of carbonyl (C=O) groups is 2. The van der Waals surface area contributed by atoms with Gasteiger partial charge in [-0.25, -0.2) is 4.79 Å². The summed E-state index contributed by atoms with van der Waals surface area (Å²) in [4.78, 5) is 24.3. The quantitative estimate of drug-likeness (QED) is 0.739. The number of aliphatic hydroxyl groups is 1. The summed E-state index contributed by atoms with van der Waals surface area (Å²) in [5.74, 6) is -0.429. The van der Waals surface area contributed by atoms with E-state index in [1.165, 1.54) is 4.90 Å². The Morgan fingerprint density at radius 2 is 1.90 bits per heavy atom. The van der Waals surface area contributed by atoms with Crippen LogP contribution < -0.4 is 5.32 Å². The molecular formula is C12H19F3N2O4. The number of ether oxygens (including phenoxy) is 1. The summed E-state index contributed by atoms with van der Waals surface area (Å²) in [6, 6.07) is 0. The van der Waals surface area contributed by atoms with Gasteiger partial charge >= 0.3 is 12.3 Å². The molecule has 0 saturated carbocycles. The molecule has 1 heterocycles. The molecule has 1 saturated heterocycles. The molecule has 0 aliphatic carbocycles. The van der Waals surface area contributed by atoms with Gasteiger partial charge in [-0.05, 0) is 19.3 Å². The molecule has 0 spiro atoms. The van der Waals surface area contributed by atoms with Crippen LogP contribution in [0.25, 0.3) is 0 Å². The first-order valence-electron chi connectivity index (χ1n) is 6.70. The highest BCUT2D eigenvalue weighted by Crippen LogP contribution is 2.19. The zero-order valence-corrected chi connectivity index (χ0v) is 11.5. The third-order valence-corrected chi connectivity index (χ3v) is 3.12. The molecule has 1 aliphatic heterocycles. The van der Waals surface area contributed by atoms with E-state index in [0.29, 0.717) is 25.8 Å². The number of hydrogen-bond acceptors (Lipinski definition) is 4. The van der Waals surface area contributed by atoms with E-state index in [1.807, 2.05) is 0 Å². The minimum atomic E-state index is -4.54. The Labute approximate surface area is 120 Å². The summed E-state index contributed by atoms with van der Waals surface area (Å²) in [5, 5.41) is 11.3. The highest BCUT2D eigenvalue weighted by molar-refractivity contribution is 5.79. The Morgan fingerprint density at radius 1 is 1.29 bits per heavy atom. The third-order valence-electron chi connectivity index (χ3n) is 3.12. The normalized spacial score (nSPS) is 16.7. The second-order valence-electron chi connectivity index (χ2n) is 4.80. The molecule has 0 aromatic heterocycles. The van der Waals surface area contributed by atoms with Crippen molar-refractivity contribution in [3.63, 3.8) is 0 Å². The molecule has 21 heavy (non-hydrogen) atoms. The van der Waals surface area contributed by atoms with Crippen LogP contribution in [-0.4, -0.2) is 61.0 Å². The molecule has 122 valence electrons. The summed E-state index contributed by atoms with van der Waals surface area (Å²) < 4.78 is 40.0. The van der Waals surface area contributed by atoms with Crippen LogP contribution in [-0.2, 0) is 9.53 Å². The van der Waals surface area contributed by atoms with E-state index in [0.717, 1.165) is 0 Å². The Bertz CT molecular complexity index is 355. The summed E-state index contributed by atoms with van der Waals surface area (Å²) in [5.41, 5.74) is 0. The van der Waals surface area contributed by atoms with Crippen LogP contribution in [0.15, 0.2) is 0 Å². The van der Waals surface area contributed by atoms with Crippen LogP contribution in [0.2, 0.25) is 0 Å². The summed E-state index contributed by atoms with van der Waals surface area (Å²) in [7, 11) is 0. The smallest absolute Gasteiger partial charge is 0.422 e. The highest BCUT2D eigenvalue weighted by atomic mass is 19.4. The van der Waals surface area contributed by atoms with Crippen molar-refractivity contribution in [3.05, 3.63) is 0 Å². The molecule has 0 aromatic rings. The Kier molecular flexibility index (Phi) is 6.73. The van der Waals surface area contributed by atoms with Gasteiger partial charge in [0, 0.05) is 32.2 Å². The van der Waals surface area contributed by atoms with Crippen molar-refractivity contribution in [1.29, 1.82) is 0 Å². The number of nitrogens with one attached hydrogen (secondary N) is 1. The summed E-state index contributed by atoms with van der Waals surface area (Å²) >= 11 is 0. The maximum atomic E-state index is 11.9. The van der Waals surface area contributed by atoms with Crippen LogP contribution in [0.5, 0.6) is 0 Å². The van der Waals surface area contributed by atoms with Gasteiger partial charge in [0.2, 0.25) is 5.91 Å². The number of hydrogen-bond donors (Lipinski definition) is 2. The van der Waals surface area contributed by atoms with Gasteiger partial charge in [-0.2, -0.15) is 13.2 Å². The zero-order valence-electron chi connectivity index (χ0n) is 11.5. The van der Waals surface area contributed by atoms with Crippen molar-refractivity contribution in [2.24, 2.45) is 5.92 Å². The van der Waals surface area contributed by atoms with Crippen molar-refractivity contribution in [2.45, 2.75) is 25.4 Å². The fourth-order valence-corrected chi connectivity index (χ4v) is 1.99. The zero-order chi connectivity index (χ0) is 15.9. The average Bonchev–Trinajstić information content (AvgIpc) is 2.44. The number of halogens is 3. The fourth-order valence-electron chi connectivity index (χ4n) is 1.99. The number of likely N-dealkylation sites (tertiary alicyclic amines) is 1. The molecule has 9 heteroatoms. The average molecular weight is 312 g/mol. The number of carbonyl (C=O) groups excluding carboxylic acids is 2. The number of alkyl halides is 3. The molecule has 0 atom stereocenters. The largest absolute Gasteiger partial charge is 0.440 e. The second kappa shape index (κ2) is 8.06. The standard InChI is InChI=1S/C12H19F3N2O4/c13-12(14,15)8-21-11(20)17-5-2-9(3-6-17)10(19)16-4-1-7-18/h9,18H,1-8H2,(H,16,19). The number of rotatable bonds is 5. The van der Waals surface area contributed by atoms with Crippen molar-refractivity contribution >= 4 is 12.0 Å². The van der Waals surface area contributed by atoms with E-state index in [-0.39, 0.29) is 31.5 Å². The van der Waals surface area contributed by atoms with Crippen molar-refractivity contribution in [1.82, 2.24) is 10.2 Å². The van der Waals surface area contributed by atoms with Crippen molar-refractivity contribution in [3.8, 4) is 0 Å². The maximum absolute atomic E-state index is 11.9. The maximum Gasteiger partial charge on any atom is 0.422 e. The van der Waals surface area contributed by atoms with Crippen molar-refractivity contribution in [2.75, 3.05) is 32.8 Å². The molecule has 0 bridgehead atoms. The molecule has 1 fully saturated rings. The van der Waals surface area contributed by atoms with Crippen LogP contribution in [0, 0.1) is 5.92 Å². The number of piperidine rings is 1. The molecule has 2 N–H and O–H groups in total. The van der Waals surface area contributed by atoms with Gasteiger partial charge in [0.05, 0.1) is 0 Å². The lowest BCUT2D eigenvalue weighted by atomic mass is 9.96. The van der Waals surface area contributed by atoms with E-state index in [2.05, 4.69) is 10.1 Å². The van der Waals surface area contributed by atoms with Crippen LogP contribution in [0.4, 0.5) is 18.0 Å². The van der Waals surface area contributed by atoms with E-state index in [1.54, 1.807) is 0 Å². The lowest BCUT2D eigenvalue weighted by Crippen LogP contribution is -2.44. The van der Waals surface area contributed by atoms with Gasteiger partial charge in [-0.1, -0.05) is 0 Å². The van der Waals surface area contributed by atoms with Crippen LogP contribution in [0.1, 0.15) is 19.3 Å². The van der Waals surface area contributed by atoms with Crippen LogP contribution in [0.3, 0.4) is 0 Å². The third kappa shape index (κ3) is 6.65. The summed E-state index contributed by atoms with van der Waals surface area (Å²) in [6.07, 6.45) is -4.32. The molecule has 2 amide bonds. The minimum Gasteiger partial charge on any atom is -0.440 e. The summed E-state index contributed by atoms with van der Waals surface area (Å²) in [6.45, 7) is -0.857. The molecule has 1 rings (SSSR count). The highest BCUT2D eigenvalue weighted by Gasteiger charge is 2.32. The van der Waals surface area contributed by atoms with E-state index in [4.69, 9.17) is 5.11 Å². The second-order valence-corrected chi connectivity index (χ2v) is 4.80. The predicted molar refractivity (Wildman–Crippen MR) is 66.4 cm³/mol. The molecule has 0 radical (unpaired) electrons. The van der Waals surface area contributed by atoms with Gasteiger partial charge in [-0.15, -0.1) is 0 Å². The van der Waals surface area contributed by atoms with E-state index >= 15 is 0 Å². The molecular weight excluding hydrogens is 293 g/mol. The lowest BCUT2D eigenvalue weighted by Gasteiger charge is -2.30. The van der Waals surface area contributed by atoms with Crippen LogP contribution >= 0.6 is 0 Å². The topological polar surface area (TPSA) is 78.9 Å². The van der Waals surface area contributed by atoms with Gasteiger partial charge < -0.3 is 20.1 Å². The lowest BCUT2D eigenvalue weighted by molar-refractivity contribution is -0.162. The van der Waals surface area contributed by atoms with Crippen molar-refractivity contribution < 1.29 is 32.6 Å². The number of amides is 2. The Morgan fingerprint density at radius 3 is 2.43 bits per heavy atom. The Hall–Kier alpha value is -1.51. The first kappa shape index (κ1) is 17.5.